The molecule has 0 atom stereocenters. The van der Waals surface area contributed by atoms with Gasteiger partial charge in [-0.15, -0.1) is 5.10 Å². The molecule has 7 nitrogen and oxygen atoms in total. The zero-order valence-corrected chi connectivity index (χ0v) is 15.1. The molecule has 0 radical (unpaired) electrons. The van der Waals surface area contributed by atoms with Crippen molar-refractivity contribution in [3.63, 3.8) is 0 Å². The third kappa shape index (κ3) is 3.70. The van der Waals surface area contributed by atoms with Crippen LogP contribution >= 0.6 is 0 Å². The van der Waals surface area contributed by atoms with Crippen LogP contribution in [0, 0.1) is 0 Å². The van der Waals surface area contributed by atoms with Crippen molar-refractivity contribution in [1.29, 1.82) is 0 Å². The van der Waals surface area contributed by atoms with E-state index >= 15 is 0 Å². The predicted molar refractivity (Wildman–Crippen MR) is 93.8 cm³/mol. The summed E-state index contributed by atoms with van der Waals surface area (Å²) < 4.78 is 67.0. The van der Waals surface area contributed by atoms with Gasteiger partial charge in [0.25, 0.3) is 10.0 Å². The van der Waals surface area contributed by atoms with Gasteiger partial charge in [-0.05, 0) is 59.7 Å². The molecule has 1 aliphatic rings. The van der Waals surface area contributed by atoms with E-state index < -0.39 is 21.8 Å². The number of hydrogen-bond acceptors (Lipinski definition) is 5. The lowest BCUT2D eigenvalue weighted by Crippen LogP contribution is -2.14. The minimum Gasteiger partial charge on any atom is -0.280 e. The molecule has 2 aromatic carbocycles. The van der Waals surface area contributed by atoms with E-state index in [0.717, 1.165) is 37.1 Å². The summed E-state index contributed by atoms with van der Waals surface area (Å²) in [5.41, 5.74) is -0.0346. The lowest BCUT2D eigenvalue weighted by molar-refractivity contribution is -0.137. The van der Waals surface area contributed by atoms with Crippen molar-refractivity contribution in [3.05, 3.63) is 54.1 Å². The fraction of sp³-hybridized carbons (Fsp3) is 0.235. The van der Waals surface area contributed by atoms with Gasteiger partial charge in [-0.2, -0.15) is 13.2 Å². The number of sulfonamides is 1. The van der Waals surface area contributed by atoms with Gasteiger partial charge in [0.15, 0.2) is 5.82 Å². The highest BCUT2D eigenvalue weighted by Gasteiger charge is 2.31. The molecule has 0 amide bonds. The molecule has 11 heteroatoms. The van der Waals surface area contributed by atoms with Crippen molar-refractivity contribution < 1.29 is 21.6 Å². The summed E-state index contributed by atoms with van der Waals surface area (Å²) in [6, 6.07) is 10.1. The first kappa shape index (κ1) is 18.4. The van der Waals surface area contributed by atoms with Crippen molar-refractivity contribution in [3.8, 4) is 11.4 Å². The first-order valence-electron chi connectivity index (χ1n) is 8.32. The normalized spacial score (nSPS) is 14.8. The molecular formula is C17H14F3N5O2S. The van der Waals surface area contributed by atoms with E-state index in [1.165, 1.54) is 6.07 Å². The first-order valence-corrected chi connectivity index (χ1v) is 9.81. The summed E-state index contributed by atoms with van der Waals surface area (Å²) in [6.45, 7) is 0. The van der Waals surface area contributed by atoms with E-state index in [9.17, 15) is 21.6 Å². The summed E-state index contributed by atoms with van der Waals surface area (Å²) in [5.74, 6) is 0.526. The average molecular weight is 409 g/mol. The Morgan fingerprint density at radius 1 is 1.07 bits per heavy atom. The minimum atomic E-state index is -4.53. The number of nitrogens with zero attached hydrogens (tertiary/aromatic N) is 4. The molecule has 0 saturated heterocycles. The van der Waals surface area contributed by atoms with Crippen molar-refractivity contribution in [2.75, 3.05) is 4.72 Å². The van der Waals surface area contributed by atoms with Crippen LogP contribution in [-0.4, -0.2) is 28.6 Å². The second-order valence-electron chi connectivity index (χ2n) is 6.39. The zero-order chi connectivity index (χ0) is 19.9. The molecule has 4 rings (SSSR count). The molecule has 1 saturated carbocycles. The Labute approximate surface area is 158 Å². The number of aromatic nitrogens is 4. The number of tetrazole rings is 1. The second kappa shape index (κ2) is 6.59. The third-order valence-electron chi connectivity index (χ3n) is 4.25. The molecule has 0 bridgehead atoms. The van der Waals surface area contributed by atoms with Crippen LogP contribution in [0.25, 0.3) is 11.4 Å². The average Bonchev–Trinajstić information content (AvgIpc) is 3.37. The van der Waals surface area contributed by atoms with Crippen molar-refractivity contribution in [1.82, 2.24) is 20.2 Å². The fourth-order valence-electron chi connectivity index (χ4n) is 2.71. The number of hydrogen-bond donors (Lipinski definition) is 1. The monoisotopic (exact) mass is 409 g/mol. The Hall–Kier alpha value is -2.95. The van der Waals surface area contributed by atoms with Gasteiger partial charge < -0.3 is 0 Å². The van der Waals surface area contributed by atoms with Gasteiger partial charge in [0.05, 0.1) is 16.5 Å². The van der Waals surface area contributed by atoms with Gasteiger partial charge in [0, 0.05) is 11.3 Å². The van der Waals surface area contributed by atoms with Crippen molar-refractivity contribution in [2.24, 2.45) is 0 Å². The molecule has 1 aromatic heterocycles. The fourth-order valence-corrected chi connectivity index (χ4v) is 3.76. The lowest BCUT2D eigenvalue weighted by Gasteiger charge is -2.11. The number of anilines is 1. The van der Waals surface area contributed by atoms with E-state index in [2.05, 4.69) is 20.2 Å². The van der Waals surface area contributed by atoms with Gasteiger partial charge in [0.2, 0.25) is 0 Å². The number of rotatable bonds is 5. The van der Waals surface area contributed by atoms with E-state index in [-0.39, 0.29) is 16.6 Å². The largest absolute Gasteiger partial charge is 0.416 e. The van der Waals surface area contributed by atoms with Crippen molar-refractivity contribution >= 4 is 15.7 Å². The van der Waals surface area contributed by atoms with Gasteiger partial charge in [0.1, 0.15) is 0 Å². The molecule has 1 N–H and O–H groups in total. The third-order valence-corrected chi connectivity index (χ3v) is 5.65. The number of nitrogens with one attached hydrogen (secondary N) is 1. The zero-order valence-electron chi connectivity index (χ0n) is 14.3. The highest BCUT2D eigenvalue weighted by molar-refractivity contribution is 7.92. The Bertz CT molecular complexity index is 1110. The Kier molecular flexibility index (Phi) is 4.33. The molecule has 3 aromatic rings. The summed E-state index contributed by atoms with van der Waals surface area (Å²) in [4.78, 5) is -0.270. The number of halogens is 3. The maximum Gasteiger partial charge on any atom is 0.416 e. The molecule has 146 valence electrons. The molecule has 0 spiro atoms. The van der Waals surface area contributed by atoms with Crippen LogP contribution in [0.3, 0.4) is 0 Å². The Balaban J connectivity index is 1.59. The molecule has 1 aliphatic carbocycles. The van der Waals surface area contributed by atoms with Crippen LogP contribution in [0.2, 0.25) is 0 Å². The molecule has 1 fully saturated rings. The van der Waals surface area contributed by atoms with Gasteiger partial charge in [-0.3, -0.25) is 4.72 Å². The molecule has 1 heterocycles. The quantitative estimate of drug-likeness (QED) is 0.697. The maximum absolute atomic E-state index is 12.7. The number of alkyl halides is 3. The van der Waals surface area contributed by atoms with Crippen LogP contribution in [0.1, 0.15) is 24.4 Å². The number of benzene rings is 2. The first-order chi connectivity index (χ1) is 13.2. The standard InChI is InChI=1S/C17H14F3N5O2S/c18-17(19,20)12-4-8-15(9-5-12)28(26,27)22-13-3-1-2-11(10-13)16-21-23-24-25(16)14-6-7-14/h1-5,8-10,14,22H,6-7H2. The van der Waals surface area contributed by atoms with Gasteiger partial charge in [-0.25, -0.2) is 13.1 Å². The van der Waals surface area contributed by atoms with Crippen LogP contribution in [0.5, 0.6) is 0 Å². The van der Waals surface area contributed by atoms with E-state index in [1.54, 1.807) is 22.9 Å². The Morgan fingerprint density at radius 2 is 1.79 bits per heavy atom. The molecule has 28 heavy (non-hydrogen) atoms. The molecular weight excluding hydrogens is 395 g/mol. The predicted octanol–water partition coefficient (Wildman–Crippen LogP) is 3.49. The highest BCUT2D eigenvalue weighted by atomic mass is 32.2. The van der Waals surface area contributed by atoms with E-state index in [1.807, 2.05) is 0 Å². The van der Waals surface area contributed by atoms with Crippen LogP contribution < -0.4 is 4.72 Å². The van der Waals surface area contributed by atoms with Crippen LogP contribution in [0.4, 0.5) is 18.9 Å². The summed E-state index contributed by atoms with van der Waals surface area (Å²) >= 11 is 0. The van der Waals surface area contributed by atoms with E-state index in [4.69, 9.17) is 0 Å². The minimum absolute atomic E-state index is 0.248. The highest BCUT2D eigenvalue weighted by Crippen LogP contribution is 2.37. The van der Waals surface area contributed by atoms with E-state index in [0.29, 0.717) is 11.4 Å². The van der Waals surface area contributed by atoms with Gasteiger partial charge in [-0.1, -0.05) is 12.1 Å². The Morgan fingerprint density at radius 3 is 2.43 bits per heavy atom. The lowest BCUT2D eigenvalue weighted by atomic mass is 10.2. The maximum atomic E-state index is 12.7. The topological polar surface area (TPSA) is 89.8 Å². The summed E-state index contributed by atoms with van der Waals surface area (Å²) in [6.07, 6.45) is -2.56. The molecule has 0 unspecified atom stereocenters. The van der Waals surface area contributed by atoms with Crippen molar-refractivity contribution in [2.45, 2.75) is 30.0 Å². The van der Waals surface area contributed by atoms with Gasteiger partial charge >= 0.3 is 6.18 Å². The van der Waals surface area contributed by atoms with Crippen LogP contribution in [0.15, 0.2) is 53.4 Å². The smallest absolute Gasteiger partial charge is 0.280 e. The summed E-state index contributed by atoms with van der Waals surface area (Å²) in [5, 5.41) is 11.6. The summed E-state index contributed by atoms with van der Waals surface area (Å²) in [7, 11) is -4.05. The van der Waals surface area contributed by atoms with Crippen LogP contribution in [-0.2, 0) is 16.2 Å². The SMILES string of the molecule is O=S(=O)(Nc1cccc(-c2nnnn2C2CC2)c1)c1ccc(C(F)(F)F)cc1. The molecule has 0 aliphatic heterocycles. The second-order valence-corrected chi connectivity index (χ2v) is 8.07.